The van der Waals surface area contributed by atoms with E-state index in [-0.39, 0.29) is 11.6 Å². The molecule has 0 aromatic heterocycles. The SMILES string of the molecule is CC#N.COc1c(-c2ccccc2)cc(-c2ccccc2)c(CBr)c1-c1c(CBr)c(-c2ccccc2)cc(-c2ccccc2)c1OC.COc1c(-c2ccccc2)cc(-c2ccccc2)c2c1-c1c(c(-c3ccccc3)cc(-c3ccccc3)c1OC)CNC2.N.O. The zero-order valence-electron chi connectivity index (χ0n) is 52.3. The fourth-order valence-corrected chi connectivity index (χ4v) is 13.7. The Morgan fingerprint density at radius 1 is 0.326 bits per heavy atom. The highest BCUT2D eigenvalue weighted by atomic mass is 79.9. The lowest BCUT2D eigenvalue weighted by Crippen LogP contribution is -2.12. The number of benzene rings is 12. The highest BCUT2D eigenvalue weighted by Gasteiger charge is 2.33. The molecule has 0 spiro atoms. The zero-order chi connectivity index (χ0) is 62.3. The summed E-state index contributed by atoms with van der Waals surface area (Å²) < 4.78 is 25.7. The second-order valence-electron chi connectivity index (χ2n) is 21.5. The molecule has 92 heavy (non-hydrogen) atoms. The van der Waals surface area contributed by atoms with Crippen LogP contribution in [0.25, 0.3) is 111 Å². The quantitative estimate of drug-likeness (QED) is 0.0975. The molecule has 0 amide bonds. The highest BCUT2D eigenvalue weighted by molar-refractivity contribution is 9.08. The average Bonchev–Trinajstić information content (AvgIpc) is 1.14. The first-order chi connectivity index (χ1) is 44.4. The minimum atomic E-state index is 0. The van der Waals surface area contributed by atoms with E-state index in [0.717, 1.165) is 123 Å². The van der Waals surface area contributed by atoms with Crippen molar-refractivity contribution < 1.29 is 24.4 Å². The molecule has 0 fully saturated rings. The summed E-state index contributed by atoms with van der Waals surface area (Å²) in [4.78, 5) is 0. The van der Waals surface area contributed by atoms with Crippen molar-refractivity contribution >= 4 is 31.9 Å². The molecule has 0 saturated heterocycles. The second-order valence-corrected chi connectivity index (χ2v) is 22.6. The molecule has 13 rings (SSSR count). The molecule has 0 unspecified atom stereocenters. The number of hydrogen-bond acceptors (Lipinski definition) is 7. The molecule has 0 bridgehead atoms. The lowest BCUT2D eigenvalue weighted by molar-refractivity contribution is 0.411. The standard InChI is InChI=1S/C40H32Br2O2.C40H33NO2.C2H3N.H3N.H2O/c1-43-39-33(29-19-11-5-12-20-29)23-31(27-15-7-3-8-16-27)35(25-41)37(39)38-36(26-42)32(28-17-9-4-10-18-28)24-34(40(38)44-2)30-21-13-6-14-22-30;1-42-39-33(29-19-11-5-12-20-29)23-31(27-15-7-3-8-16-27)35-25-41-26-36-32(28-17-9-4-10-18-28)24-34(30-21-13-6-14-22-30)40(43-2)38(36)37(35)39;1-2-3;;/h3-24H,25-26H2,1-2H3;3-24,41H,25-26H2,1-2H3;1H3;1H3;1H2. The monoisotopic (exact) mass is 1340 g/mol. The van der Waals surface area contributed by atoms with Gasteiger partial charge in [-0.1, -0.05) is 275 Å². The molecule has 12 aromatic carbocycles. The van der Waals surface area contributed by atoms with Gasteiger partial charge in [-0.15, -0.1) is 0 Å². The van der Waals surface area contributed by atoms with Gasteiger partial charge in [-0.2, -0.15) is 5.26 Å². The van der Waals surface area contributed by atoms with Crippen molar-refractivity contribution in [1.29, 1.82) is 5.26 Å². The fraction of sp³-hybridized carbons (Fsp3) is 0.110. The highest BCUT2D eigenvalue weighted by Crippen LogP contribution is 2.56. The number of ether oxygens (including phenoxy) is 4. The molecule has 0 aliphatic carbocycles. The van der Waals surface area contributed by atoms with Gasteiger partial charge < -0.3 is 35.9 Å². The van der Waals surface area contributed by atoms with Crippen molar-refractivity contribution in [3.8, 4) is 140 Å². The number of methoxy groups -OCH3 is 4. The van der Waals surface area contributed by atoms with Crippen LogP contribution < -0.4 is 30.4 Å². The van der Waals surface area contributed by atoms with Gasteiger partial charge in [-0.25, -0.2) is 0 Å². The van der Waals surface area contributed by atoms with E-state index < -0.39 is 0 Å². The van der Waals surface area contributed by atoms with E-state index in [1.54, 1.807) is 34.5 Å². The summed E-state index contributed by atoms with van der Waals surface area (Å²) in [6.45, 7) is 2.81. The van der Waals surface area contributed by atoms with Gasteiger partial charge in [0.15, 0.2) is 0 Å². The van der Waals surface area contributed by atoms with E-state index >= 15 is 0 Å². The predicted octanol–water partition coefficient (Wildman–Crippen LogP) is 21.3. The molecule has 0 atom stereocenters. The molecular formula is C82H73Br2N3O5. The Balaban J connectivity index is 0.000000204. The van der Waals surface area contributed by atoms with Crippen LogP contribution in [0, 0.1) is 11.3 Å². The first-order valence-electron chi connectivity index (χ1n) is 29.9. The number of alkyl halides is 2. The van der Waals surface area contributed by atoms with Crippen molar-refractivity contribution in [2.24, 2.45) is 0 Å². The molecule has 0 saturated carbocycles. The molecule has 460 valence electrons. The van der Waals surface area contributed by atoms with E-state index in [1.807, 2.05) is 12.1 Å². The van der Waals surface area contributed by atoms with Crippen LogP contribution >= 0.6 is 31.9 Å². The third-order valence-corrected chi connectivity index (χ3v) is 17.5. The summed E-state index contributed by atoms with van der Waals surface area (Å²) in [5, 5.41) is 12.4. The summed E-state index contributed by atoms with van der Waals surface area (Å²) in [5.74, 6) is 3.34. The minimum Gasteiger partial charge on any atom is -0.495 e. The molecule has 0 radical (unpaired) electrons. The van der Waals surface area contributed by atoms with Crippen LogP contribution in [0.15, 0.2) is 267 Å². The van der Waals surface area contributed by atoms with Crippen LogP contribution in [0.2, 0.25) is 0 Å². The van der Waals surface area contributed by atoms with Crippen molar-refractivity contribution in [2.75, 3.05) is 28.4 Å². The average molecular weight is 1340 g/mol. The van der Waals surface area contributed by atoms with Crippen LogP contribution in [0.1, 0.15) is 29.2 Å². The van der Waals surface area contributed by atoms with Gasteiger partial charge in [-0.05, 0) is 113 Å². The van der Waals surface area contributed by atoms with E-state index in [9.17, 15) is 0 Å². The van der Waals surface area contributed by atoms with Crippen molar-refractivity contribution in [1.82, 2.24) is 11.5 Å². The van der Waals surface area contributed by atoms with Crippen LogP contribution in [-0.2, 0) is 23.7 Å². The third kappa shape index (κ3) is 13.6. The number of nitrogens with one attached hydrogen (secondary N) is 1. The van der Waals surface area contributed by atoms with Gasteiger partial charge >= 0.3 is 0 Å². The van der Waals surface area contributed by atoms with Gasteiger partial charge in [0.05, 0.1) is 34.5 Å². The molecule has 12 aromatic rings. The second kappa shape index (κ2) is 31.8. The summed E-state index contributed by atoms with van der Waals surface area (Å²) in [6.07, 6.45) is 0. The maximum Gasteiger partial charge on any atom is 0.135 e. The Kier molecular flexibility index (Phi) is 23.0. The Morgan fingerprint density at radius 2 is 0.511 bits per heavy atom. The van der Waals surface area contributed by atoms with E-state index in [0.29, 0.717) is 23.7 Å². The zero-order valence-corrected chi connectivity index (χ0v) is 55.4. The maximum atomic E-state index is 7.32. The Morgan fingerprint density at radius 3 is 0.717 bits per heavy atom. The van der Waals surface area contributed by atoms with Gasteiger partial charge in [-0.3, -0.25) is 0 Å². The summed E-state index contributed by atoms with van der Waals surface area (Å²) in [6, 6.07) is 95.4. The molecule has 6 N–H and O–H groups in total. The summed E-state index contributed by atoms with van der Waals surface area (Å²) >= 11 is 7.82. The van der Waals surface area contributed by atoms with Crippen LogP contribution in [-0.4, -0.2) is 33.9 Å². The van der Waals surface area contributed by atoms with Crippen molar-refractivity contribution in [3.63, 3.8) is 0 Å². The van der Waals surface area contributed by atoms with E-state index in [1.165, 1.54) is 40.3 Å². The molecule has 1 aliphatic heterocycles. The van der Waals surface area contributed by atoms with Gasteiger partial charge in [0.1, 0.15) is 23.0 Å². The van der Waals surface area contributed by atoms with Crippen molar-refractivity contribution in [2.45, 2.75) is 30.7 Å². The number of nitrogens with zero attached hydrogens (tertiary/aromatic N) is 1. The number of fused-ring (bicyclic) bond motifs is 3. The van der Waals surface area contributed by atoms with Gasteiger partial charge in [0.25, 0.3) is 0 Å². The topological polar surface area (TPSA) is 139 Å². The molecule has 10 heteroatoms. The van der Waals surface area contributed by atoms with Crippen LogP contribution in [0.5, 0.6) is 23.0 Å². The summed E-state index contributed by atoms with van der Waals surface area (Å²) in [5.41, 5.74) is 26.7. The lowest BCUT2D eigenvalue weighted by Gasteiger charge is -2.27. The first kappa shape index (κ1) is 66.6. The Hall–Kier alpha value is -9.83. The predicted molar refractivity (Wildman–Crippen MR) is 389 cm³/mol. The van der Waals surface area contributed by atoms with E-state index in [2.05, 4.69) is 292 Å². The van der Waals surface area contributed by atoms with Crippen LogP contribution in [0.4, 0.5) is 0 Å². The lowest BCUT2D eigenvalue weighted by atomic mass is 9.82. The molecule has 1 aliphatic rings. The number of hydrogen-bond donors (Lipinski definition) is 2. The third-order valence-electron chi connectivity index (χ3n) is 16.4. The minimum absolute atomic E-state index is 0. The number of nitriles is 1. The van der Waals surface area contributed by atoms with Gasteiger partial charge in [0.2, 0.25) is 0 Å². The fourth-order valence-electron chi connectivity index (χ4n) is 12.5. The van der Waals surface area contributed by atoms with E-state index in [4.69, 9.17) is 24.2 Å². The molecular weight excluding hydrogens is 1270 g/mol. The number of halogens is 2. The molecule has 1 heterocycles. The summed E-state index contributed by atoms with van der Waals surface area (Å²) in [7, 11) is 7.11. The smallest absolute Gasteiger partial charge is 0.135 e. The Labute approximate surface area is 557 Å². The first-order valence-corrected chi connectivity index (χ1v) is 32.2. The van der Waals surface area contributed by atoms with Gasteiger partial charge in [0, 0.05) is 75.2 Å². The van der Waals surface area contributed by atoms with Crippen LogP contribution in [0.3, 0.4) is 0 Å². The Bertz CT molecular complexity index is 4030. The largest absolute Gasteiger partial charge is 0.495 e. The maximum absolute atomic E-state index is 7.32. The number of rotatable bonds is 15. The molecule has 8 nitrogen and oxygen atoms in total. The normalized spacial score (nSPS) is 11.0. The van der Waals surface area contributed by atoms with Crippen molar-refractivity contribution in [3.05, 3.63) is 289 Å².